The first-order chi connectivity index (χ1) is 15.8. The molecule has 0 aromatic heterocycles. The third-order valence-corrected chi connectivity index (χ3v) is 8.06. The summed E-state index contributed by atoms with van der Waals surface area (Å²) in [5.41, 5.74) is -2.83. The monoisotopic (exact) mass is 464 g/mol. The highest BCUT2D eigenvalue weighted by Gasteiger charge is 2.73. The Balaban J connectivity index is 1.71. The van der Waals surface area contributed by atoms with Gasteiger partial charge in [0.05, 0.1) is 6.10 Å². The molecule has 8 nitrogen and oxygen atoms in total. The number of ether oxygens (including phenoxy) is 2. The normalized spacial score (nSPS) is 42.4. The van der Waals surface area contributed by atoms with Gasteiger partial charge in [-0.25, -0.2) is 0 Å². The molecule has 184 valence electrons. The van der Waals surface area contributed by atoms with E-state index in [0.29, 0.717) is 37.9 Å². The van der Waals surface area contributed by atoms with E-state index in [1.807, 2.05) is 12.1 Å². The Hall–Kier alpha value is -1.52. The fraction of sp³-hybridized carbons (Fsp3) is 0.680. The second-order valence-corrected chi connectivity index (χ2v) is 9.80. The topological polar surface area (TPSA) is 140 Å². The van der Waals surface area contributed by atoms with Gasteiger partial charge in [0.15, 0.2) is 5.60 Å². The number of rotatable bonds is 8. The SMILES string of the molecule is C=CCc1ccc(O[C@@H]2O[C@@H]3[C@H](O)[C@@H](CCO)CC[C@H]4C[C@H](CCO)[C@]2(O)[C@@H](O)[C@@]43O)cc1. The summed E-state index contributed by atoms with van der Waals surface area (Å²) in [6.07, 6.45) is -0.958. The van der Waals surface area contributed by atoms with Gasteiger partial charge in [-0.15, -0.1) is 6.58 Å². The van der Waals surface area contributed by atoms with E-state index < -0.39 is 47.6 Å². The smallest absolute Gasteiger partial charge is 0.232 e. The van der Waals surface area contributed by atoms with Crippen LogP contribution in [0.25, 0.3) is 0 Å². The van der Waals surface area contributed by atoms with E-state index in [1.54, 1.807) is 18.2 Å². The van der Waals surface area contributed by atoms with Crippen LogP contribution in [0.2, 0.25) is 0 Å². The Bertz CT molecular complexity index is 815. The molecule has 3 aliphatic rings. The van der Waals surface area contributed by atoms with Gasteiger partial charge in [0.2, 0.25) is 6.29 Å². The Labute approximate surface area is 194 Å². The highest BCUT2D eigenvalue weighted by molar-refractivity contribution is 5.29. The van der Waals surface area contributed by atoms with Crippen LogP contribution in [-0.4, -0.2) is 79.7 Å². The minimum absolute atomic E-state index is 0.117. The average Bonchev–Trinajstić information content (AvgIpc) is 2.90. The largest absolute Gasteiger partial charge is 0.462 e. The second kappa shape index (κ2) is 9.62. The van der Waals surface area contributed by atoms with Crippen molar-refractivity contribution in [2.24, 2.45) is 17.8 Å². The number of fused-ring (bicyclic) bond motifs is 1. The standard InChI is InChI=1S/C25H36O8/c1-2-3-15-4-8-19(9-5-15)32-23-25(31)18(11-13-27)14-17-7-6-16(10-12-26)20(28)21(33-23)24(17,30)22(25)29/h2,4-5,8-9,16-18,20-23,26-31H,1,3,6-7,10-14H2/t16-,17+,18+,20-,21-,22+,23-,24-,25+/m1/s1. The summed E-state index contributed by atoms with van der Waals surface area (Å²) in [7, 11) is 0. The number of benzene rings is 1. The summed E-state index contributed by atoms with van der Waals surface area (Å²) in [5.74, 6) is -0.950. The van der Waals surface area contributed by atoms with Gasteiger partial charge in [0.1, 0.15) is 23.6 Å². The lowest BCUT2D eigenvalue weighted by molar-refractivity contribution is -0.398. The van der Waals surface area contributed by atoms with Crippen molar-refractivity contribution in [3.8, 4) is 5.75 Å². The predicted octanol–water partition coefficient (Wildman–Crippen LogP) is 0.514. The molecule has 3 fully saturated rings. The number of hydrogen-bond acceptors (Lipinski definition) is 8. The summed E-state index contributed by atoms with van der Waals surface area (Å²) in [6.45, 7) is 3.41. The van der Waals surface area contributed by atoms with Crippen LogP contribution in [0.3, 0.4) is 0 Å². The molecule has 1 aromatic carbocycles. The number of hydrogen-bond donors (Lipinski definition) is 6. The van der Waals surface area contributed by atoms with Gasteiger partial charge in [-0.05, 0) is 74.0 Å². The maximum atomic E-state index is 11.8. The van der Waals surface area contributed by atoms with Crippen LogP contribution in [0.4, 0.5) is 0 Å². The second-order valence-electron chi connectivity index (χ2n) is 9.80. The zero-order valence-corrected chi connectivity index (χ0v) is 18.8. The zero-order chi connectivity index (χ0) is 23.8. The molecule has 1 aliphatic heterocycles. The molecule has 1 saturated heterocycles. The highest BCUT2D eigenvalue weighted by atomic mass is 16.7. The maximum Gasteiger partial charge on any atom is 0.232 e. The quantitative estimate of drug-likeness (QED) is 0.306. The highest BCUT2D eigenvalue weighted by Crippen LogP contribution is 2.56. The first kappa shape index (κ1) is 24.6. The lowest BCUT2D eigenvalue weighted by Gasteiger charge is -2.62. The molecule has 9 atom stereocenters. The molecule has 2 bridgehead atoms. The van der Waals surface area contributed by atoms with Crippen molar-refractivity contribution >= 4 is 0 Å². The van der Waals surface area contributed by atoms with E-state index in [0.717, 1.165) is 5.56 Å². The van der Waals surface area contributed by atoms with Crippen molar-refractivity contribution < 1.29 is 40.1 Å². The fourth-order valence-corrected chi connectivity index (χ4v) is 6.24. The fourth-order valence-electron chi connectivity index (χ4n) is 6.24. The summed E-state index contributed by atoms with van der Waals surface area (Å²) < 4.78 is 12.1. The van der Waals surface area contributed by atoms with E-state index in [-0.39, 0.29) is 25.6 Å². The number of aliphatic hydroxyl groups is 6. The van der Waals surface area contributed by atoms with E-state index in [9.17, 15) is 30.6 Å². The van der Waals surface area contributed by atoms with Crippen LogP contribution < -0.4 is 4.74 Å². The molecule has 1 heterocycles. The molecule has 0 spiro atoms. The first-order valence-electron chi connectivity index (χ1n) is 11.8. The van der Waals surface area contributed by atoms with Crippen LogP contribution in [-0.2, 0) is 11.2 Å². The maximum absolute atomic E-state index is 11.8. The van der Waals surface area contributed by atoms with Crippen molar-refractivity contribution in [1.29, 1.82) is 0 Å². The minimum atomic E-state index is -1.99. The Morgan fingerprint density at radius 1 is 1.03 bits per heavy atom. The summed E-state index contributed by atoms with van der Waals surface area (Å²) in [4.78, 5) is 0. The summed E-state index contributed by atoms with van der Waals surface area (Å²) in [5, 5.41) is 65.2. The molecule has 33 heavy (non-hydrogen) atoms. The van der Waals surface area contributed by atoms with Gasteiger partial charge in [0, 0.05) is 13.2 Å². The Kier molecular flexibility index (Phi) is 7.17. The third kappa shape index (κ3) is 4.01. The molecular weight excluding hydrogens is 428 g/mol. The zero-order valence-electron chi connectivity index (χ0n) is 18.8. The molecular formula is C25H36O8. The van der Waals surface area contributed by atoms with Crippen LogP contribution in [0.1, 0.15) is 37.7 Å². The van der Waals surface area contributed by atoms with Crippen LogP contribution in [0.15, 0.2) is 36.9 Å². The lowest BCUT2D eigenvalue weighted by atomic mass is 9.56. The molecule has 1 aromatic rings. The summed E-state index contributed by atoms with van der Waals surface area (Å²) >= 11 is 0. The van der Waals surface area contributed by atoms with Crippen molar-refractivity contribution in [2.75, 3.05) is 13.2 Å². The molecule has 0 unspecified atom stereocenters. The van der Waals surface area contributed by atoms with E-state index in [4.69, 9.17) is 9.47 Å². The lowest BCUT2D eigenvalue weighted by Crippen LogP contribution is -2.81. The molecule has 6 N–H and O–H groups in total. The Morgan fingerprint density at radius 3 is 2.36 bits per heavy atom. The van der Waals surface area contributed by atoms with Crippen LogP contribution in [0, 0.1) is 17.8 Å². The van der Waals surface area contributed by atoms with E-state index >= 15 is 0 Å². The van der Waals surface area contributed by atoms with Crippen molar-refractivity contribution in [3.05, 3.63) is 42.5 Å². The van der Waals surface area contributed by atoms with Crippen LogP contribution in [0.5, 0.6) is 5.75 Å². The molecule has 2 saturated carbocycles. The van der Waals surface area contributed by atoms with Gasteiger partial charge < -0.3 is 40.1 Å². The number of allylic oxidation sites excluding steroid dienone is 1. The predicted molar refractivity (Wildman–Crippen MR) is 119 cm³/mol. The molecule has 4 rings (SSSR count). The first-order valence-corrected chi connectivity index (χ1v) is 11.8. The minimum Gasteiger partial charge on any atom is -0.462 e. The van der Waals surface area contributed by atoms with E-state index in [1.165, 1.54) is 0 Å². The molecule has 0 amide bonds. The third-order valence-electron chi connectivity index (χ3n) is 8.06. The van der Waals surface area contributed by atoms with Crippen molar-refractivity contribution in [3.63, 3.8) is 0 Å². The molecule has 8 heteroatoms. The Morgan fingerprint density at radius 2 is 1.73 bits per heavy atom. The van der Waals surface area contributed by atoms with Gasteiger partial charge in [-0.2, -0.15) is 0 Å². The van der Waals surface area contributed by atoms with Gasteiger partial charge >= 0.3 is 0 Å². The van der Waals surface area contributed by atoms with Gasteiger partial charge in [-0.3, -0.25) is 0 Å². The van der Waals surface area contributed by atoms with Crippen molar-refractivity contribution in [2.45, 2.75) is 74.3 Å². The number of aliphatic hydroxyl groups excluding tert-OH is 4. The molecule has 2 aliphatic carbocycles. The van der Waals surface area contributed by atoms with Crippen molar-refractivity contribution in [1.82, 2.24) is 0 Å². The van der Waals surface area contributed by atoms with Gasteiger partial charge in [-0.1, -0.05) is 18.2 Å². The average molecular weight is 465 g/mol. The van der Waals surface area contributed by atoms with Gasteiger partial charge in [0.25, 0.3) is 0 Å². The van der Waals surface area contributed by atoms with Crippen LogP contribution >= 0.6 is 0 Å². The molecule has 0 radical (unpaired) electrons. The summed E-state index contributed by atoms with van der Waals surface area (Å²) in [6, 6.07) is 7.17. The van der Waals surface area contributed by atoms with E-state index in [2.05, 4.69) is 6.58 Å².